The number of likely N-dealkylation sites (tertiary alicyclic amines) is 1. The first-order valence-electron chi connectivity index (χ1n) is 5.12. The number of piperidine rings is 1. The predicted octanol–water partition coefficient (Wildman–Crippen LogP) is 3.12. The molecule has 1 atom stereocenters. The highest BCUT2D eigenvalue weighted by Crippen LogP contribution is 2.20. The lowest BCUT2D eigenvalue weighted by Gasteiger charge is -2.32. The van der Waals surface area contributed by atoms with Gasteiger partial charge in [0.25, 0.3) is 0 Å². The van der Waals surface area contributed by atoms with E-state index in [9.17, 15) is 0 Å². The van der Waals surface area contributed by atoms with Gasteiger partial charge in [-0.3, -0.25) is 4.90 Å². The van der Waals surface area contributed by atoms with Crippen molar-refractivity contribution in [3.05, 3.63) is 22.4 Å². The minimum atomic E-state index is 0.788. The standard InChI is InChI=1S/C11H17NS/c1-10-5-2-3-7-12(10)9-11-6-4-8-13-11/h4,6,8,10H,2-3,5,7,9H2,1H3. The van der Waals surface area contributed by atoms with Gasteiger partial charge in [-0.1, -0.05) is 12.5 Å². The Kier molecular flexibility index (Phi) is 3.01. The van der Waals surface area contributed by atoms with Crippen LogP contribution in [0, 0.1) is 0 Å². The fourth-order valence-corrected chi connectivity index (χ4v) is 2.72. The van der Waals surface area contributed by atoms with Crippen molar-refractivity contribution in [2.45, 2.75) is 38.8 Å². The zero-order valence-electron chi connectivity index (χ0n) is 8.20. The molecule has 0 saturated carbocycles. The zero-order chi connectivity index (χ0) is 9.10. The van der Waals surface area contributed by atoms with E-state index >= 15 is 0 Å². The van der Waals surface area contributed by atoms with Gasteiger partial charge in [0, 0.05) is 17.5 Å². The molecule has 0 N–H and O–H groups in total. The van der Waals surface area contributed by atoms with Crippen LogP contribution in [0.5, 0.6) is 0 Å². The lowest BCUT2D eigenvalue weighted by molar-refractivity contribution is 0.154. The molecular formula is C11H17NS. The maximum Gasteiger partial charge on any atom is 0.0330 e. The zero-order valence-corrected chi connectivity index (χ0v) is 9.02. The Morgan fingerprint density at radius 2 is 2.46 bits per heavy atom. The van der Waals surface area contributed by atoms with E-state index in [0.717, 1.165) is 6.04 Å². The van der Waals surface area contributed by atoms with Gasteiger partial charge in [-0.25, -0.2) is 0 Å². The van der Waals surface area contributed by atoms with E-state index in [-0.39, 0.29) is 0 Å². The van der Waals surface area contributed by atoms with Crippen molar-refractivity contribution < 1.29 is 0 Å². The SMILES string of the molecule is CC1CCCCN1Cc1cccs1. The van der Waals surface area contributed by atoms with Gasteiger partial charge < -0.3 is 0 Å². The van der Waals surface area contributed by atoms with E-state index in [0.29, 0.717) is 0 Å². The Bertz CT molecular complexity index is 243. The Labute approximate surface area is 84.4 Å². The molecule has 2 heterocycles. The van der Waals surface area contributed by atoms with Crippen molar-refractivity contribution in [1.29, 1.82) is 0 Å². The Morgan fingerprint density at radius 1 is 1.54 bits per heavy atom. The number of hydrogen-bond acceptors (Lipinski definition) is 2. The molecule has 2 heteroatoms. The summed E-state index contributed by atoms with van der Waals surface area (Å²) in [5.74, 6) is 0. The molecule has 72 valence electrons. The van der Waals surface area contributed by atoms with E-state index in [4.69, 9.17) is 0 Å². The van der Waals surface area contributed by atoms with Crippen LogP contribution in [0.4, 0.5) is 0 Å². The van der Waals surface area contributed by atoms with Crippen LogP contribution in [0.3, 0.4) is 0 Å². The Morgan fingerprint density at radius 3 is 3.15 bits per heavy atom. The largest absolute Gasteiger partial charge is 0.296 e. The molecule has 1 aliphatic rings. The third kappa shape index (κ3) is 2.32. The van der Waals surface area contributed by atoms with Crippen molar-refractivity contribution >= 4 is 11.3 Å². The van der Waals surface area contributed by atoms with Gasteiger partial charge in [0.15, 0.2) is 0 Å². The normalized spacial score (nSPS) is 24.8. The summed E-state index contributed by atoms with van der Waals surface area (Å²) in [5.41, 5.74) is 0. The van der Waals surface area contributed by atoms with Crippen molar-refractivity contribution in [2.75, 3.05) is 6.54 Å². The molecule has 1 unspecified atom stereocenters. The van der Waals surface area contributed by atoms with Crippen LogP contribution in [-0.4, -0.2) is 17.5 Å². The summed E-state index contributed by atoms with van der Waals surface area (Å²) in [6, 6.07) is 5.18. The third-order valence-electron chi connectivity index (χ3n) is 2.88. The van der Waals surface area contributed by atoms with Crippen LogP contribution < -0.4 is 0 Å². The molecular weight excluding hydrogens is 178 g/mol. The molecule has 13 heavy (non-hydrogen) atoms. The monoisotopic (exact) mass is 195 g/mol. The van der Waals surface area contributed by atoms with Gasteiger partial charge >= 0.3 is 0 Å². The molecule has 0 spiro atoms. The van der Waals surface area contributed by atoms with Crippen LogP contribution in [0.15, 0.2) is 17.5 Å². The number of rotatable bonds is 2. The van der Waals surface area contributed by atoms with Gasteiger partial charge in [-0.2, -0.15) is 0 Å². The van der Waals surface area contributed by atoms with Crippen LogP contribution in [-0.2, 0) is 6.54 Å². The maximum absolute atomic E-state index is 2.61. The fourth-order valence-electron chi connectivity index (χ4n) is 2.00. The Hall–Kier alpha value is -0.340. The molecule has 1 aromatic heterocycles. The average Bonchev–Trinajstić information content (AvgIpc) is 2.61. The first-order valence-corrected chi connectivity index (χ1v) is 6.00. The van der Waals surface area contributed by atoms with Crippen molar-refractivity contribution in [1.82, 2.24) is 4.90 Å². The second-order valence-electron chi connectivity index (χ2n) is 3.89. The van der Waals surface area contributed by atoms with Gasteiger partial charge in [-0.15, -0.1) is 11.3 Å². The van der Waals surface area contributed by atoms with Gasteiger partial charge in [-0.05, 0) is 37.8 Å². The minimum Gasteiger partial charge on any atom is -0.296 e. The lowest BCUT2D eigenvalue weighted by Crippen LogP contribution is -2.36. The van der Waals surface area contributed by atoms with E-state index in [2.05, 4.69) is 29.3 Å². The highest BCUT2D eigenvalue weighted by molar-refractivity contribution is 7.09. The summed E-state index contributed by atoms with van der Waals surface area (Å²) in [4.78, 5) is 4.11. The van der Waals surface area contributed by atoms with E-state index in [1.807, 2.05) is 11.3 Å². The Balaban J connectivity index is 1.93. The van der Waals surface area contributed by atoms with Crippen molar-refractivity contribution in [3.63, 3.8) is 0 Å². The highest BCUT2D eigenvalue weighted by atomic mass is 32.1. The molecule has 0 radical (unpaired) electrons. The smallest absolute Gasteiger partial charge is 0.0330 e. The number of thiophene rings is 1. The molecule has 0 aromatic carbocycles. The van der Waals surface area contributed by atoms with Crippen LogP contribution in [0.1, 0.15) is 31.1 Å². The van der Waals surface area contributed by atoms with Gasteiger partial charge in [0.2, 0.25) is 0 Å². The second-order valence-corrected chi connectivity index (χ2v) is 4.93. The molecule has 0 amide bonds. The molecule has 0 aliphatic carbocycles. The quantitative estimate of drug-likeness (QED) is 0.701. The van der Waals surface area contributed by atoms with E-state index in [1.54, 1.807) is 0 Å². The average molecular weight is 195 g/mol. The molecule has 1 nitrogen and oxygen atoms in total. The van der Waals surface area contributed by atoms with E-state index < -0.39 is 0 Å². The molecule has 1 aromatic rings. The second kappa shape index (κ2) is 4.25. The number of nitrogens with zero attached hydrogens (tertiary/aromatic N) is 1. The summed E-state index contributed by atoms with van der Waals surface area (Å²) >= 11 is 1.88. The predicted molar refractivity (Wildman–Crippen MR) is 58.0 cm³/mol. The summed E-state index contributed by atoms with van der Waals surface area (Å²) in [6.07, 6.45) is 4.18. The molecule has 2 rings (SSSR count). The van der Waals surface area contributed by atoms with E-state index in [1.165, 1.54) is 37.2 Å². The maximum atomic E-state index is 2.61. The third-order valence-corrected chi connectivity index (χ3v) is 3.74. The minimum absolute atomic E-state index is 0.788. The van der Waals surface area contributed by atoms with Crippen molar-refractivity contribution in [3.8, 4) is 0 Å². The van der Waals surface area contributed by atoms with Crippen molar-refractivity contribution in [2.24, 2.45) is 0 Å². The van der Waals surface area contributed by atoms with Gasteiger partial charge in [0.05, 0.1) is 0 Å². The highest BCUT2D eigenvalue weighted by Gasteiger charge is 2.17. The van der Waals surface area contributed by atoms with Crippen LogP contribution >= 0.6 is 11.3 Å². The fraction of sp³-hybridized carbons (Fsp3) is 0.636. The molecule has 1 fully saturated rings. The first-order chi connectivity index (χ1) is 6.36. The summed E-state index contributed by atoms with van der Waals surface area (Å²) < 4.78 is 0. The van der Waals surface area contributed by atoms with Gasteiger partial charge in [0.1, 0.15) is 0 Å². The summed E-state index contributed by atoms with van der Waals surface area (Å²) in [7, 11) is 0. The molecule has 1 aliphatic heterocycles. The summed E-state index contributed by atoms with van der Waals surface area (Å²) in [5, 5.41) is 2.17. The molecule has 0 bridgehead atoms. The lowest BCUT2D eigenvalue weighted by atomic mass is 10.0. The van der Waals surface area contributed by atoms with Crippen LogP contribution in [0.25, 0.3) is 0 Å². The number of hydrogen-bond donors (Lipinski definition) is 0. The summed E-state index contributed by atoms with van der Waals surface area (Å²) in [6.45, 7) is 4.81. The first kappa shape index (κ1) is 9.22. The van der Waals surface area contributed by atoms with Crippen LogP contribution in [0.2, 0.25) is 0 Å². The molecule has 1 saturated heterocycles. The topological polar surface area (TPSA) is 3.24 Å².